The molecule has 0 amide bonds. The number of rotatable bonds is 2. The maximum Gasteiger partial charge on any atom is 0.179 e. The Kier molecular flexibility index (Phi) is 2.64. The molecular formula is C10H8BrN3O. The van der Waals surface area contributed by atoms with Crippen molar-refractivity contribution < 1.29 is 4.79 Å². The van der Waals surface area contributed by atoms with Crippen molar-refractivity contribution in [1.29, 1.82) is 0 Å². The first kappa shape index (κ1) is 10.0. The average molecular weight is 266 g/mol. The molecule has 2 rings (SSSR count). The van der Waals surface area contributed by atoms with Gasteiger partial charge in [-0.25, -0.2) is 4.68 Å². The maximum absolute atomic E-state index is 11.3. The number of Topliss-reactive ketones (excluding diaryl/α,β-unsaturated/α-hetero) is 1. The average Bonchev–Trinajstić information content (AvgIpc) is 2.67. The van der Waals surface area contributed by atoms with Crippen LogP contribution in [0.15, 0.2) is 34.9 Å². The van der Waals surface area contributed by atoms with Gasteiger partial charge in [-0.05, 0) is 28.1 Å². The van der Waals surface area contributed by atoms with E-state index in [0.29, 0.717) is 5.69 Å². The van der Waals surface area contributed by atoms with Crippen molar-refractivity contribution in [3.63, 3.8) is 0 Å². The van der Waals surface area contributed by atoms with Crippen LogP contribution in [-0.2, 0) is 0 Å². The highest BCUT2D eigenvalue weighted by Crippen LogP contribution is 2.20. The highest BCUT2D eigenvalue weighted by molar-refractivity contribution is 9.10. The van der Waals surface area contributed by atoms with Gasteiger partial charge in [0.25, 0.3) is 0 Å². The highest BCUT2D eigenvalue weighted by Gasteiger charge is 2.11. The number of aromatic nitrogens is 3. The van der Waals surface area contributed by atoms with Gasteiger partial charge in [-0.1, -0.05) is 17.3 Å². The summed E-state index contributed by atoms with van der Waals surface area (Å²) in [5.41, 5.74) is 1.28. The predicted molar refractivity (Wildman–Crippen MR) is 59.1 cm³/mol. The lowest BCUT2D eigenvalue weighted by atomic mass is 10.3. The fraction of sp³-hybridized carbons (Fsp3) is 0.100. The van der Waals surface area contributed by atoms with E-state index in [9.17, 15) is 4.79 Å². The smallest absolute Gasteiger partial charge is 0.179 e. The minimum absolute atomic E-state index is 0.0595. The maximum atomic E-state index is 11.3. The molecule has 0 saturated carbocycles. The fourth-order valence-corrected chi connectivity index (χ4v) is 1.73. The van der Waals surface area contributed by atoms with Crippen molar-refractivity contribution in [2.75, 3.05) is 0 Å². The van der Waals surface area contributed by atoms with Crippen molar-refractivity contribution in [2.45, 2.75) is 6.92 Å². The van der Waals surface area contributed by atoms with Crippen LogP contribution in [0.1, 0.15) is 17.4 Å². The zero-order valence-corrected chi connectivity index (χ0v) is 9.60. The molecule has 4 nitrogen and oxygen atoms in total. The SMILES string of the molecule is CC(=O)c1cnnn1-c1ccccc1Br. The van der Waals surface area contributed by atoms with Gasteiger partial charge in [0.2, 0.25) is 0 Å². The Hall–Kier alpha value is -1.49. The molecule has 0 radical (unpaired) electrons. The van der Waals surface area contributed by atoms with Crippen molar-refractivity contribution in [3.8, 4) is 5.69 Å². The quantitative estimate of drug-likeness (QED) is 0.783. The monoisotopic (exact) mass is 265 g/mol. The zero-order chi connectivity index (χ0) is 10.8. The van der Waals surface area contributed by atoms with E-state index in [-0.39, 0.29) is 5.78 Å². The van der Waals surface area contributed by atoms with E-state index in [4.69, 9.17) is 0 Å². The van der Waals surface area contributed by atoms with Gasteiger partial charge < -0.3 is 0 Å². The molecule has 0 aliphatic heterocycles. The molecule has 2 aromatic rings. The number of hydrogen-bond acceptors (Lipinski definition) is 3. The van der Waals surface area contributed by atoms with Crippen LogP contribution in [0.4, 0.5) is 0 Å². The van der Waals surface area contributed by atoms with E-state index in [0.717, 1.165) is 10.2 Å². The van der Waals surface area contributed by atoms with Crippen LogP contribution in [0.5, 0.6) is 0 Å². The minimum atomic E-state index is -0.0595. The van der Waals surface area contributed by atoms with Gasteiger partial charge in [0.15, 0.2) is 5.78 Å². The summed E-state index contributed by atoms with van der Waals surface area (Å²) in [5.74, 6) is -0.0595. The number of carbonyl (C=O) groups excluding carboxylic acids is 1. The molecule has 0 atom stereocenters. The molecule has 0 saturated heterocycles. The number of para-hydroxylation sites is 1. The Morgan fingerprint density at radius 3 is 2.80 bits per heavy atom. The molecule has 0 aliphatic rings. The molecular weight excluding hydrogens is 258 g/mol. The van der Waals surface area contributed by atoms with Crippen LogP contribution in [0.2, 0.25) is 0 Å². The van der Waals surface area contributed by atoms with Crippen LogP contribution in [0, 0.1) is 0 Å². The number of hydrogen-bond donors (Lipinski definition) is 0. The first-order valence-corrected chi connectivity index (χ1v) is 5.16. The van der Waals surface area contributed by atoms with Crippen LogP contribution in [0.25, 0.3) is 5.69 Å². The normalized spacial score (nSPS) is 10.3. The van der Waals surface area contributed by atoms with Crippen LogP contribution in [-0.4, -0.2) is 20.8 Å². The van der Waals surface area contributed by atoms with Crippen LogP contribution < -0.4 is 0 Å². The number of ketones is 1. The molecule has 5 heteroatoms. The van der Waals surface area contributed by atoms with Gasteiger partial charge in [0.1, 0.15) is 5.69 Å². The van der Waals surface area contributed by atoms with Crippen LogP contribution in [0.3, 0.4) is 0 Å². The van der Waals surface area contributed by atoms with Crippen molar-refractivity contribution >= 4 is 21.7 Å². The summed E-state index contributed by atoms with van der Waals surface area (Å²) in [5, 5.41) is 7.62. The lowest BCUT2D eigenvalue weighted by Crippen LogP contribution is -2.06. The first-order valence-electron chi connectivity index (χ1n) is 4.36. The molecule has 1 heterocycles. The summed E-state index contributed by atoms with van der Waals surface area (Å²) in [6.45, 7) is 1.49. The first-order chi connectivity index (χ1) is 7.20. The second kappa shape index (κ2) is 3.94. The van der Waals surface area contributed by atoms with Crippen molar-refractivity contribution in [3.05, 3.63) is 40.6 Å². The Balaban J connectivity index is 2.59. The molecule has 1 aromatic carbocycles. The number of nitrogens with zero attached hydrogens (tertiary/aromatic N) is 3. The molecule has 76 valence electrons. The number of carbonyl (C=O) groups is 1. The largest absolute Gasteiger partial charge is 0.293 e. The van der Waals surface area contributed by atoms with Gasteiger partial charge in [-0.3, -0.25) is 4.79 Å². The summed E-state index contributed by atoms with van der Waals surface area (Å²) >= 11 is 3.40. The highest BCUT2D eigenvalue weighted by atomic mass is 79.9. The third kappa shape index (κ3) is 1.83. The molecule has 0 bridgehead atoms. The molecule has 0 unspecified atom stereocenters. The Bertz CT molecular complexity index is 507. The predicted octanol–water partition coefficient (Wildman–Crippen LogP) is 2.23. The fourth-order valence-electron chi connectivity index (χ4n) is 1.28. The molecule has 0 aliphatic carbocycles. The molecule has 1 aromatic heterocycles. The number of benzene rings is 1. The summed E-state index contributed by atoms with van der Waals surface area (Å²) < 4.78 is 2.39. The Labute approximate surface area is 95.0 Å². The standard InChI is InChI=1S/C10H8BrN3O/c1-7(15)10-6-12-13-14(10)9-5-3-2-4-8(9)11/h2-6H,1H3. The summed E-state index contributed by atoms with van der Waals surface area (Å²) in [6, 6.07) is 7.54. The van der Waals surface area contributed by atoms with Gasteiger partial charge in [0, 0.05) is 11.4 Å². The lowest BCUT2D eigenvalue weighted by molar-refractivity contribution is 0.101. The second-order valence-electron chi connectivity index (χ2n) is 3.04. The molecule has 0 fully saturated rings. The summed E-state index contributed by atoms with van der Waals surface area (Å²) in [7, 11) is 0. The van der Waals surface area contributed by atoms with E-state index in [1.807, 2.05) is 24.3 Å². The summed E-state index contributed by atoms with van der Waals surface area (Å²) in [4.78, 5) is 11.3. The van der Waals surface area contributed by atoms with E-state index >= 15 is 0 Å². The van der Waals surface area contributed by atoms with Gasteiger partial charge in [-0.15, -0.1) is 5.10 Å². The summed E-state index contributed by atoms with van der Waals surface area (Å²) in [6.07, 6.45) is 1.46. The van der Waals surface area contributed by atoms with Crippen LogP contribution >= 0.6 is 15.9 Å². The van der Waals surface area contributed by atoms with E-state index in [1.165, 1.54) is 17.8 Å². The van der Waals surface area contributed by atoms with Gasteiger partial charge in [-0.2, -0.15) is 0 Å². The molecule has 0 spiro atoms. The Morgan fingerprint density at radius 2 is 2.13 bits per heavy atom. The second-order valence-corrected chi connectivity index (χ2v) is 3.89. The van der Waals surface area contributed by atoms with E-state index in [2.05, 4.69) is 26.2 Å². The zero-order valence-electron chi connectivity index (χ0n) is 8.01. The lowest BCUT2D eigenvalue weighted by Gasteiger charge is -2.05. The van der Waals surface area contributed by atoms with Gasteiger partial charge >= 0.3 is 0 Å². The third-order valence-corrected chi connectivity index (χ3v) is 2.66. The van der Waals surface area contributed by atoms with E-state index in [1.54, 1.807) is 0 Å². The molecule has 15 heavy (non-hydrogen) atoms. The minimum Gasteiger partial charge on any atom is -0.293 e. The van der Waals surface area contributed by atoms with Crippen molar-refractivity contribution in [1.82, 2.24) is 15.0 Å². The molecule has 0 N–H and O–H groups in total. The topological polar surface area (TPSA) is 47.8 Å². The third-order valence-electron chi connectivity index (χ3n) is 1.99. The van der Waals surface area contributed by atoms with Crippen molar-refractivity contribution in [2.24, 2.45) is 0 Å². The Morgan fingerprint density at radius 1 is 1.40 bits per heavy atom. The van der Waals surface area contributed by atoms with Gasteiger partial charge in [0.05, 0.1) is 11.9 Å². The van der Waals surface area contributed by atoms with E-state index < -0.39 is 0 Å². The number of halogens is 1.